The molecule has 0 amide bonds. The molecule has 0 unspecified atom stereocenters. The standard InChI is InChI=1S/C19H20Cl2N4O2S/c1-14-10-18(17(21)11-16(14)20)28(26,27)24-8-6-23(7-9-24)13-15-12-22-19-4-2-3-5-25(15)19/h2-5,10-12H,6-9,13H2,1H3. The van der Waals surface area contributed by atoms with Crippen LogP contribution in [0.5, 0.6) is 0 Å². The van der Waals surface area contributed by atoms with Gasteiger partial charge in [-0.25, -0.2) is 13.4 Å². The lowest BCUT2D eigenvalue weighted by Crippen LogP contribution is -2.48. The first kappa shape index (κ1) is 19.7. The molecular weight excluding hydrogens is 419 g/mol. The van der Waals surface area contributed by atoms with E-state index in [4.69, 9.17) is 23.2 Å². The quantitative estimate of drug-likeness (QED) is 0.625. The average Bonchev–Trinajstić information content (AvgIpc) is 3.08. The summed E-state index contributed by atoms with van der Waals surface area (Å²) in [6.45, 7) is 4.60. The Balaban J connectivity index is 1.47. The van der Waals surface area contributed by atoms with E-state index < -0.39 is 10.0 Å². The van der Waals surface area contributed by atoms with E-state index in [1.54, 1.807) is 13.0 Å². The van der Waals surface area contributed by atoms with Crippen molar-refractivity contribution in [1.29, 1.82) is 0 Å². The zero-order chi connectivity index (χ0) is 19.9. The van der Waals surface area contributed by atoms with Gasteiger partial charge >= 0.3 is 0 Å². The number of rotatable bonds is 4. The van der Waals surface area contributed by atoms with Crippen molar-refractivity contribution in [2.75, 3.05) is 26.2 Å². The molecule has 9 heteroatoms. The molecule has 0 atom stereocenters. The van der Waals surface area contributed by atoms with Crippen LogP contribution in [0.25, 0.3) is 5.65 Å². The summed E-state index contributed by atoms with van der Waals surface area (Å²) in [6, 6.07) is 8.93. The topological polar surface area (TPSA) is 57.9 Å². The van der Waals surface area contributed by atoms with Gasteiger partial charge in [0.25, 0.3) is 0 Å². The van der Waals surface area contributed by atoms with Crippen LogP contribution < -0.4 is 0 Å². The number of aryl methyl sites for hydroxylation is 1. The molecule has 6 nitrogen and oxygen atoms in total. The van der Waals surface area contributed by atoms with Crippen LogP contribution in [0.2, 0.25) is 10.0 Å². The van der Waals surface area contributed by atoms with Crippen molar-refractivity contribution in [3.63, 3.8) is 0 Å². The van der Waals surface area contributed by atoms with Gasteiger partial charge in [0.05, 0.1) is 16.9 Å². The zero-order valence-corrected chi connectivity index (χ0v) is 17.7. The minimum atomic E-state index is -3.65. The van der Waals surface area contributed by atoms with E-state index in [0.29, 0.717) is 36.8 Å². The summed E-state index contributed by atoms with van der Waals surface area (Å²) in [5.41, 5.74) is 2.69. The van der Waals surface area contributed by atoms with Crippen LogP contribution in [-0.4, -0.2) is 53.2 Å². The maximum atomic E-state index is 13.0. The largest absolute Gasteiger partial charge is 0.303 e. The fraction of sp³-hybridized carbons (Fsp3) is 0.316. The lowest BCUT2D eigenvalue weighted by molar-refractivity contribution is 0.179. The number of hydrogen-bond acceptors (Lipinski definition) is 4. The molecular formula is C19H20Cl2N4O2S. The smallest absolute Gasteiger partial charge is 0.244 e. The Hall–Kier alpha value is -1.64. The van der Waals surface area contributed by atoms with Crippen molar-refractivity contribution < 1.29 is 8.42 Å². The predicted molar refractivity (Wildman–Crippen MR) is 110 cm³/mol. The van der Waals surface area contributed by atoms with Gasteiger partial charge in [-0.3, -0.25) is 4.90 Å². The minimum Gasteiger partial charge on any atom is -0.303 e. The number of fused-ring (bicyclic) bond motifs is 1. The predicted octanol–water partition coefficient (Wildman–Crippen LogP) is 3.46. The number of aromatic nitrogens is 2. The molecule has 3 heterocycles. The maximum absolute atomic E-state index is 13.0. The number of halogens is 2. The summed E-state index contributed by atoms with van der Waals surface area (Å²) in [4.78, 5) is 6.76. The summed E-state index contributed by atoms with van der Waals surface area (Å²) in [6.07, 6.45) is 3.86. The van der Waals surface area contributed by atoms with Crippen LogP contribution in [0.3, 0.4) is 0 Å². The second-order valence-electron chi connectivity index (χ2n) is 6.89. The third-order valence-electron chi connectivity index (χ3n) is 5.04. The molecule has 1 fully saturated rings. The van der Waals surface area contributed by atoms with E-state index in [1.165, 1.54) is 10.4 Å². The number of benzene rings is 1. The number of sulfonamides is 1. The van der Waals surface area contributed by atoms with Crippen LogP contribution in [-0.2, 0) is 16.6 Å². The van der Waals surface area contributed by atoms with Crippen LogP contribution in [0.4, 0.5) is 0 Å². The lowest BCUT2D eigenvalue weighted by Gasteiger charge is -2.34. The fourth-order valence-electron chi connectivity index (χ4n) is 3.43. The van der Waals surface area contributed by atoms with Crippen LogP contribution in [0.1, 0.15) is 11.3 Å². The third kappa shape index (κ3) is 3.65. The molecule has 1 saturated heterocycles. The molecule has 148 valence electrons. The van der Waals surface area contributed by atoms with Crippen molar-refractivity contribution in [1.82, 2.24) is 18.6 Å². The summed E-state index contributed by atoms with van der Waals surface area (Å²) in [5, 5.41) is 0.616. The number of nitrogens with zero attached hydrogens (tertiary/aromatic N) is 4. The van der Waals surface area contributed by atoms with Gasteiger partial charge in [-0.05, 0) is 36.8 Å². The van der Waals surface area contributed by atoms with Crippen molar-refractivity contribution >= 4 is 38.9 Å². The Bertz CT molecular complexity index is 1120. The van der Waals surface area contributed by atoms with Gasteiger partial charge in [-0.2, -0.15) is 4.31 Å². The van der Waals surface area contributed by atoms with Gasteiger partial charge in [-0.15, -0.1) is 0 Å². The SMILES string of the molecule is Cc1cc(S(=O)(=O)N2CCN(Cc3cnc4ccccn34)CC2)c(Cl)cc1Cl. The lowest BCUT2D eigenvalue weighted by atomic mass is 10.2. The minimum absolute atomic E-state index is 0.117. The number of hydrogen-bond donors (Lipinski definition) is 0. The fourth-order valence-corrected chi connectivity index (χ4v) is 5.66. The maximum Gasteiger partial charge on any atom is 0.244 e. The molecule has 4 rings (SSSR count). The third-order valence-corrected chi connectivity index (χ3v) is 7.81. The van der Waals surface area contributed by atoms with Gasteiger partial charge in [0.2, 0.25) is 10.0 Å². The molecule has 2 aromatic heterocycles. The van der Waals surface area contributed by atoms with Crippen molar-refractivity contribution in [2.45, 2.75) is 18.4 Å². The summed E-state index contributed by atoms with van der Waals surface area (Å²) in [7, 11) is -3.65. The highest BCUT2D eigenvalue weighted by molar-refractivity contribution is 7.89. The van der Waals surface area contributed by atoms with Gasteiger partial charge in [0, 0.05) is 43.9 Å². The average molecular weight is 439 g/mol. The first-order valence-corrected chi connectivity index (χ1v) is 11.1. The second kappa shape index (κ2) is 7.65. The summed E-state index contributed by atoms with van der Waals surface area (Å²) < 4.78 is 29.6. The molecule has 0 aliphatic carbocycles. The van der Waals surface area contributed by atoms with Crippen molar-refractivity contribution in [3.05, 3.63) is 64.0 Å². The monoisotopic (exact) mass is 438 g/mol. The Morgan fingerprint density at radius 3 is 2.57 bits per heavy atom. The molecule has 0 radical (unpaired) electrons. The molecule has 0 spiro atoms. The Labute approximate surface area is 174 Å². The van der Waals surface area contributed by atoms with Gasteiger partial charge < -0.3 is 4.40 Å². The molecule has 0 N–H and O–H groups in total. The Kier molecular flexibility index (Phi) is 5.37. The van der Waals surface area contributed by atoms with E-state index in [2.05, 4.69) is 14.3 Å². The highest BCUT2D eigenvalue weighted by Crippen LogP contribution is 2.30. The molecule has 3 aromatic rings. The van der Waals surface area contributed by atoms with Crippen LogP contribution in [0.15, 0.2) is 47.6 Å². The molecule has 1 aliphatic heterocycles. The van der Waals surface area contributed by atoms with Crippen molar-refractivity contribution in [2.24, 2.45) is 0 Å². The van der Waals surface area contributed by atoms with Gasteiger partial charge in [0.1, 0.15) is 10.5 Å². The first-order chi connectivity index (χ1) is 13.4. The Morgan fingerprint density at radius 2 is 1.82 bits per heavy atom. The normalized spacial score (nSPS) is 16.7. The van der Waals surface area contributed by atoms with Crippen LogP contribution in [0, 0.1) is 6.92 Å². The van der Waals surface area contributed by atoms with E-state index in [1.807, 2.05) is 30.6 Å². The molecule has 1 aromatic carbocycles. The number of piperazine rings is 1. The van der Waals surface area contributed by atoms with E-state index in [0.717, 1.165) is 17.9 Å². The molecule has 1 aliphatic rings. The second-order valence-corrected chi connectivity index (χ2v) is 9.61. The molecule has 0 bridgehead atoms. The van der Waals surface area contributed by atoms with Crippen LogP contribution >= 0.6 is 23.2 Å². The first-order valence-electron chi connectivity index (χ1n) is 8.95. The van der Waals surface area contributed by atoms with E-state index in [-0.39, 0.29) is 9.92 Å². The van der Waals surface area contributed by atoms with E-state index in [9.17, 15) is 8.42 Å². The number of pyridine rings is 1. The zero-order valence-electron chi connectivity index (χ0n) is 15.3. The van der Waals surface area contributed by atoms with Gasteiger partial charge in [0.15, 0.2) is 0 Å². The summed E-state index contributed by atoms with van der Waals surface area (Å²) >= 11 is 12.2. The van der Waals surface area contributed by atoms with E-state index >= 15 is 0 Å². The molecule has 0 saturated carbocycles. The van der Waals surface area contributed by atoms with Crippen molar-refractivity contribution in [3.8, 4) is 0 Å². The Morgan fingerprint density at radius 1 is 1.07 bits per heavy atom. The highest BCUT2D eigenvalue weighted by Gasteiger charge is 2.30. The molecule has 28 heavy (non-hydrogen) atoms. The van der Waals surface area contributed by atoms with Gasteiger partial charge in [-0.1, -0.05) is 29.3 Å². The summed E-state index contributed by atoms with van der Waals surface area (Å²) in [5.74, 6) is 0. The highest BCUT2D eigenvalue weighted by atomic mass is 35.5. The number of imidazole rings is 1.